The Bertz CT molecular complexity index is 612. The van der Waals surface area contributed by atoms with Gasteiger partial charge in [-0.15, -0.1) is 0 Å². The van der Waals surface area contributed by atoms with E-state index < -0.39 is 10.0 Å². The summed E-state index contributed by atoms with van der Waals surface area (Å²) in [5.74, 6) is 0.275. The van der Waals surface area contributed by atoms with Crippen LogP contribution in [0.15, 0.2) is 18.2 Å². The number of nitrogens with one attached hydrogen (secondary N) is 2. The number of rotatable bonds is 7. The third kappa shape index (κ3) is 5.43. The normalized spacial score (nSPS) is 16.5. The average Bonchev–Trinajstić information content (AvgIpc) is 3.18. The van der Waals surface area contributed by atoms with E-state index in [-0.39, 0.29) is 24.9 Å². The molecule has 0 aliphatic heterocycles. The number of aromatic nitrogens is 1. The quantitative estimate of drug-likeness (QED) is 0.783. The van der Waals surface area contributed by atoms with Crippen LogP contribution in [0, 0.1) is 12.8 Å². The first-order chi connectivity index (χ1) is 9.85. The fourth-order valence-electron chi connectivity index (χ4n) is 2.20. The second-order valence-corrected chi connectivity index (χ2v) is 7.34. The van der Waals surface area contributed by atoms with Gasteiger partial charge >= 0.3 is 0 Å². The van der Waals surface area contributed by atoms with E-state index in [2.05, 4.69) is 15.0 Å². The third-order valence-corrected chi connectivity index (χ3v) is 4.08. The number of carbonyl (C=O) groups excluding carboxylic acids is 1. The summed E-state index contributed by atoms with van der Waals surface area (Å²) in [7, 11) is -3.25. The molecular weight excluding hydrogens is 290 g/mol. The van der Waals surface area contributed by atoms with Crippen molar-refractivity contribution in [2.45, 2.75) is 32.2 Å². The molecule has 1 heterocycles. The van der Waals surface area contributed by atoms with Crippen LogP contribution in [0.4, 0.5) is 0 Å². The highest BCUT2D eigenvalue weighted by atomic mass is 32.2. The van der Waals surface area contributed by atoms with E-state index in [4.69, 9.17) is 0 Å². The Morgan fingerprint density at radius 3 is 2.71 bits per heavy atom. The fraction of sp³-hybridized carbons (Fsp3) is 0.571. The van der Waals surface area contributed by atoms with Gasteiger partial charge in [0.25, 0.3) is 0 Å². The largest absolute Gasteiger partial charge is 0.347 e. The molecule has 1 aromatic heterocycles. The van der Waals surface area contributed by atoms with Gasteiger partial charge in [-0.2, -0.15) is 0 Å². The van der Waals surface area contributed by atoms with Crippen LogP contribution in [0.3, 0.4) is 0 Å². The van der Waals surface area contributed by atoms with Gasteiger partial charge in [-0.1, -0.05) is 6.07 Å². The summed E-state index contributed by atoms with van der Waals surface area (Å²) in [5.41, 5.74) is 1.80. The number of aryl methyl sites for hydroxylation is 1. The van der Waals surface area contributed by atoms with Crippen LogP contribution in [0.1, 0.15) is 36.7 Å². The van der Waals surface area contributed by atoms with E-state index in [1.807, 2.05) is 25.1 Å². The van der Waals surface area contributed by atoms with Gasteiger partial charge in [0.15, 0.2) is 0 Å². The molecular formula is C14H21N3O3S. The number of nitrogens with zero attached hydrogens (tertiary/aromatic N) is 1. The third-order valence-electron chi connectivity index (χ3n) is 3.35. The summed E-state index contributed by atoms with van der Waals surface area (Å²) in [6, 6.07) is 5.71. The molecule has 1 aromatic rings. The molecule has 0 aromatic carbocycles. The number of pyridine rings is 1. The van der Waals surface area contributed by atoms with E-state index in [9.17, 15) is 13.2 Å². The van der Waals surface area contributed by atoms with Crippen molar-refractivity contribution in [1.82, 2.24) is 15.0 Å². The Labute approximate surface area is 125 Å². The molecule has 116 valence electrons. The lowest BCUT2D eigenvalue weighted by Gasteiger charge is -2.18. The number of sulfonamides is 1. The molecule has 2 N–H and O–H groups in total. The highest BCUT2D eigenvalue weighted by molar-refractivity contribution is 7.88. The number of amides is 1. The first kappa shape index (κ1) is 15.9. The fourth-order valence-corrected chi connectivity index (χ4v) is 2.67. The molecule has 1 aliphatic rings. The van der Waals surface area contributed by atoms with E-state index in [0.29, 0.717) is 5.92 Å². The van der Waals surface area contributed by atoms with Gasteiger partial charge < -0.3 is 5.32 Å². The lowest BCUT2D eigenvalue weighted by molar-refractivity contribution is -0.121. The molecule has 0 radical (unpaired) electrons. The van der Waals surface area contributed by atoms with Gasteiger partial charge in [-0.3, -0.25) is 9.78 Å². The van der Waals surface area contributed by atoms with Crippen molar-refractivity contribution in [3.63, 3.8) is 0 Å². The number of hydrogen-bond acceptors (Lipinski definition) is 4. The highest BCUT2D eigenvalue weighted by Crippen LogP contribution is 2.40. The van der Waals surface area contributed by atoms with Gasteiger partial charge in [0.1, 0.15) is 0 Å². The Morgan fingerprint density at radius 1 is 1.43 bits per heavy atom. The predicted molar refractivity (Wildman–Crippen MR) is 80.0 cm³/mol. The lowest BCUT2D eigenvalue weighted by atomic mass is 10.1. The topological polar surface area (TPSA) is 88.2 Å². The van der Waals surface area contributed by atoms with Gasteiger partial charge in [0.05, 0.1) is 18.0 Å². The average molecular weight is 311 g/mol. The minimum absolute atomic E-state index is 0.0735. The molecule has 1 fully saturated rings. The first-order valence-electron chi connectivity index (χ1n) is 7.03. The van der Waals surface area contributed by atoms with Crippen molar-refractivity contribution >= 4 is 15.9 Å². The Morgan fingerprint density at radius 2 is 2.14 bits per heavy atom. The molecule has 21 heavy (non-hydrogen) atoms. The van der Waals surface area contributed by atoms with Gasteiger partial charge in [-0.25, -0.2) is 13.1 Å². The van der Waals surface area contributed by atoms with Crippen LogP contribution in [0.2, 0.25) is 0 Å². The SMILES string of the molecule is Cc1cccc([C@H](NC(=O)CCNS(C)(=O)=O)C2CC2)n1. The molecule has 7 heteroatoms. The van der Waals surface area contributed by atoms with Crippen LogP contribution < -0.4 is 10.0 Å². The molecule has 1 saturated carbocycles. The van der Waals surface area contributed by atoms with E-state index in [0.717, 1.165) is 30.5 Å². The minimum Gasteiger partial charge on any atom is -0.347 e. The second kappa shape index (κ2) is 6.53. The number of hydrogen-bond donors (Lipinski definition) is 2. The zero-order valence-corrected chi connectivity index (χ0v) is 13.1. The van der Waals surface area contributed by atoms with Gasteiger partial charge in [0, 0.05) is 18.7 Å². The van der Waals surface area contributed by atoms with Crippen LogP contribution in [-0.4, -0.2) is 32.1 Å². The first-order valence-corrected chi connectivity index (χ1v) is 8.92. The molecule has 0 unspecified atom stereocenters. The summed E-state index contributed by atoms with van der Waals surface area (Å²) < 4.78 is 24.2. The zero-order chi connectivity index (χ0) is 15.5. The zero-order valence-electron chi connectivity index (χ0n) is 12.3. The molecule has 1 atom stereocenters. The molecule has 0 saturated heterocycles. The monoisotopic (exact) mass is 311 g/mol. The Balaban J connectivity index is 1.93. The predicted octanol–water partition coefficient (Wildman–Crippen LogP) is 0.897. The van der Waals surface area contributed by atoms with Crippen molar-refractivity contribution in [3.8, 4) is 0 Å². The van der Waals surface area contributed by atoms with Crippen molar-refractivity contribution in [2.24, 2.45) is 5.92 Å². The lowest BCUT2D eigenvalue weighted by Crippen LogP contribution is -2.33. The van der Waals surface area contributed by atoms with Crippen LogP contribution in [0.5, 0.6) is 0 Å². The summed E-state index contributed by atoms with van der Waals surface area (Å²) in [6.45, 7) is 2.04. The van der Waals surface area contributed by atoms with E-state index in [1.165, 1.54) is 0 Å². The second-order valence-electron chi connectivity index (χ2n) is 5.50. The van der Waals surface area contributed by atoms with Crippen LogP contribution in [0.25, 0.3) is 0 Å². The molecule has 6 nitrogen and oxygen atoms in total. The smallest absolute Gasteiger partial charge is 0.221 e. The molecule has 1 aliphatic carbocycles. The molecule has 2 rings (SSSR count). The maximum Gasteiger partial charge on any atom is 0.221 e. The minimum atomic E-state index is -3.25. The van der Waals surface area contributed by atoms with Crippen molar-refractivity contribution in [2.75, 3.05) is 12.8 Å². The van der Waals surface area contributed by atoms with Crippen molar-refractivity contribution in [1.29, 1.82) is 0 Å². The molecule has 1 amide bonds. The Kier molecular flexibility index (Phi) is 4.95. The van der Waals surface area contributed by atoms with Crippen LogP contribution >= 0.6 is 0 Å². The number of carbonyl (C=O) groups is 1. The van der Waals surface area contributed by atoms with Crippen molar-refractivity contribution in [3.05, 3.63) is 29.6 Å². The summed E-state index contributed by atoms with van der Waals surface area (Å²) in [6.07, 6.45) is 3.38. The van der Waals surface area contributed by atoms with Gasteiger partial charge in [-0.05, 0) is 37.8 Å². The van der Waals surface area contributed by atoms with E-state index >= 15 is 0 Å². The maximum absolute atomic E-state index is 12.0. The standard InChI is InChI=1S/C14H21N3O3S/c1-10-4-3-5-12(16-10)14(11-6-7-11)17-13(18)8-9-15-21(2,19)20/h3-5,11,14-15H,6-9H2,1-2H3,(H,17,18)/t14-/m1/s1. The summed E-state index contributed by atoms with van der Waals surface area (Å²) in [4.78, 5) is 16.4. The Hall–Kier alpha value is -1.47. The molecule has 0 spiro atoms. The van der Waals surface area contributed by atoms with Crippen LogP contribution in [-0.2, 0) is 14.8 Å². The highest BCUT2D eigenvalue weighted by Gasteiger charge is 2.34. The molecule has 0 bridgehead atoms. The summed E-state index contributed by atoms with van der Waals surface area (Å²) in [5, 5.41) is 2.97. The maximum atomic E-state index is 12.0. The van der Waals surface area contributed by atoms with Gasteiger partial charge in [0.2, 0.25) is 15.9 Å². The summed E-state index contributed by atoms with van der Waals surface area (Å²) >= 11 is 0. The van der Waals surface area contributed by atoms with E-state index in [1.54, 1.807) is 0 Å². The van der Waals surface area contributed by atoms with Crippen molar-refractivity contribution < 1.29 is 13.2 Å².